The molecule has 31 heavy (non-hydrogen) atoms. The zero-order valence-electron chi connectivity index (χ0n) is 17.5. The molecule has 1 aromatic heterocycles. The number of nitrogens with zero attached hydrogens (tertiary/aromatic N) is 4. The summed E-state index contributed by atoms with van der Waals surface area (Å²) >= 11 is 0. The van der Waals surface area contributed by atoms with Gasteiger partial charge in [0.1, 0.15) is 18.7 Å². The van der Waals surface area contributed by atoms with Gasteiger partial charge in [-0.25, -0.2) is 4.79 Å². The van der Waals surface area contributed by atoms with Crippen molar-refractivity contribution in [2.24, 2.45) is 5.41 Å². The fraction of sp³-hybridized carbons (Fsp3) is 0.500. The van der Waals surface area contributed by atoms with Crippen molar-refractivity contribution in [3.8, 4) is 0 Å². The summed E-state index contributed by atoms with van der Waals surface area (Å²) in [5.41, 5.74) is 1.75. The first kappa shape index (κ1) is 20.0. The van der Waals surface area contributed by atoms with Gasteiger partial charge in [0, 0.05) is 12.2 Å². The Balaban J connectivity index is 1.35. The lowest BCUT2D eigenvalue weighted by Crippen LogP contribution is -2.42. The molecule has 2 amide bonds. The van der Waals surface area contributed by atoms with E-state index >= 15 is 0 Å². The molecule has 1 saturated carbocycles. The van der Waals surface area contributed by atoms with Crippen molar-refractivity contribution in [2.45, 2.75) is 50.9 Å². The van der Waals surface area contributed by atoms with Crippen LogP contribution in [0.2, 0.25) is 0 Å². The monoisotopic (exact) mass is 425 g/mol. The first-order valence-electron chi connectivity index (χ1n) is 10.6. The highest BCUT2D eigenvalue weighted by Crippen LogP contribution is 2.61. The van der Waals surface area contributed by atoms with E-state index in [2.05, 4.69) is 22.1 Å². The predicted octanol–water partition coefficient (Wildman–Crippen LogP) is 2.69. The Kier molecular flexibility index (Phi) is 4.94. The molecule has 3 heterocycles. The summed E-state index contributed by atoms with van der Waals surface area (Å²) in [6.45, 7) is 6.33. The SMILES string of the molecule is C=C(C)NC(CO)c1nnc([C@@H]2CC3(CC3)[C@@H]3CN2C(=O)N3OCc2ccccc2)o1. The second-order valence-electron chi connectivity index (χ2n) is 8.76. The van der Waals surface area contributed by atoms with Gasteiger partial charge in [-0.2, -0.15) is 5.06 Å². The van der Waals surface area contributed by atoms with E-state index in [4.69, 9.17) is 9.25 Å². The van der Waals surface area contributed by atoms with Gasteiger partial charge in [0.2, 0.25) is 11.8 Å². The van der Waals surface area contributed by atoms with Gasteiger partial charge in [-0.15, -0.1) is 10.2 Å². The van der Waals surface area contributed by atoms with Crippen molar-refractivity contribution in [1.29, 1.82) is 0 Å². The van der Waals surface area contributed by atoms with Crippen LogP contribution in [0.5, 0.6) is 0 Å². The second-order valence-corrected chi connectivity index (χ2v) is 8.76. The Bertz CT molecular complexity index is 973. The zero-order chi connectivity index (χ0) is 21.6. The highest BCUT2D eigenvalue weighted by Gasteiger charge is 2.64. The third-order valence-corrected chi connectivity index (χ3v) is 6.52. The Hall–Kier alpha value is -2.91. The molecule has 2 N–H and O–H groups in total. The standard InChI is InChI=1S/C22H27N5O4/c1-14(2)23-16(12-28)19-24-25-20(31-19)17-10-22(8-9-22)18-11-26(17)21(29)27(18)30-13-15-6-4-3-5-7-15/h3-7,16-18,23,28H,1,8-13H2,2H3/t16?,17-,18-/m0/s1. The Morgan fingerprint density at radius 2 is 2.16 bits per heavy atom. The minimum atomic E-state index is -0.523. The second kappa shape index (κ2) is 7.65. The maximum atomic E-state index is 13.2. The summed E-state index contributed by atoms with van der Waals surface area (Å²) in [7, 11) is 0. The lowest BCUT2D eigenvalue weighted by Gasteiger charge is -2.35. The zero-order valence-corrected chi connectivity index (χ0v) is 17.5. The highest BCUT2D eigenvalue weighted by atomic mass is 16.7. The van der Waals surface area contributed by atoms with Crippen molar-refractivity contribution < 1.29 is 19.2 Å². The first-order chi connectivity index (χ1) is 15.0. The number of aromatic nitrogens is 2. The molecule has 0 radical (unpaired) electrons. The molecule has 2 bridgehead atoms. The third-order valence-electron chi connectivity index (χ3n) is 6.52. The molecule has 3 aliphatic rings. The van der Waals surface area contributed by atoms with Crippen molar-refractivity contribution >= 4 is 6.03 Å². The number of hydrogen-bond acceptors (Lipinski definition) is 7. The van der Waals surface area contributed by atoms with Gasteiger partial charge in [0.05, 0.1) is 12.6 Å². The molecular formula is C22H27N5O4. The van der Waals surface area contributed by atoms with Gasteiger partial charge in [-0.1, -0.05) is 36.9 Å². The number of hydrogen-bond donors (Lipinski definition) is 2. The predicted molar refractivity (Wildman–Crippen MR) is 110 cm³/mol. The van der Waals surface area contributed by atoms with Crippen LogP contribution in [0.15, 0.2) is 47.0 Å². The van der Waals surface area contributed by atoms with Crippen LogP contribution >= 0.6 is 0 Å². The van der Waals surface area contributed by atoms with E-state index in [1.807, 2.05) is 30.3 Å². The van der Waals surface area contributed by atoms with Gasteiger partial charge >= 0.3 is 6.03 Å². The largest absolute Gasteiger partial charge is 0.421 e. The first-order valence-corrected chi connectivity index (χ1v) is 10.6. The molecule has 9 heteroatoms. The Morgan fingerprint density at radius 3 is 2.84 bits per heavy atom. The lowest BCUT2D eigenvalue weighted by molar-refractivity contribution is -0.153. The lowest BCUT2D eigenvalue weighted by atomic mass is 9.85. The summed E-state index contributed by atoms with van der Waals surface area (Å²) in [6.07, 6.45) is 2.88. The average Bonchev–Trinajstić information content (AvgIpc) is 3.25. The van der Waals surface area contributed by atoms with Gasteiger partial charge in [0.15, 0.2) is 0 Å². The highest BCUT2D eigenvalue weighted by molar-refractivity contribution is 5.77. The van der Waals surface area contributed by atoms with Crippen molar-refractivity contribution in [3.63, 3.8) is 0 Å². The number of urea groups is 1. The maximum absolute atomic E-state index is 13.2. The van der Waals surface area contributed by atoms with E-state index in [1.165, 1.54) is 0 Å². The topological polar surface area (TPSA) is 104 Å². The molecule has 1 aromatic carbocycles. The van der Waals surface area contributed by atoms with Crippen LogP contribution in [-0.4, -0.2) is 50.5 Å². The van der Waals surface area contributed by atoms with Crippen molar-refractivity contribution in [2.75, 3.05) is 13.2 Å². The molecule has 164 valence electrons. The van der Waals surface area contributed by atoms with Crippen molar-refractivity contribution in [3.05, 3.63) is 60.0 Å². The van der Waals surface area contributed by atoms with Crippen LogP contribution < -0.4 is 5.32 Å². The van der Waals surface area contributed by atoms with E-state index in [0.29, 0.717) is 24.7 Å². The van der Waals surface area contributed by atoms with Gasteiger partial charge in [-0.3, -0.25) is 4.84 Å². The molecule has 1 aliphatic carbocycles. The average molecular weight is 425 g/mol. The van der Waals surface area contributed by atoms with Crippen molar-refractivity contribution in [1.82, 2.24) is 25.5 Å². The van der Waals surface area contributed by atoms with Gasteiger partial charge in [-0.05, 0) is 37.2 Å². The summed E-state index contributed by atoms with van der Waals surface area (Å²) < 4.78 is 5.92. The van der Waals surface area contributed by atoms with E-state index in [1.54, 1.807) is 16.9 Å². The van der Waals surface area contributed by atoms with Crippen LogP contribution in [-0.2, 0) is 11.4 Å². The molecule has 3 atom stereocenters. The number of fused-ring (bicyclic) bond motifs is 3. The Labute approximate surface area is 180 Å². The molecule has 5 rings (SSSR count). The van der Waals surface area contributed by atoms with E-state index < -0.39 is 6.04 Å². The van der Waals surface area contributed by atoms with E-state index in [0.717, 1.165) is 24.8 Å². The molecular weight excluding hydrogens is 398 g/mol. The van der Waals surface area contributed by atoms with Crippen LogP contribution in [0, 0.1) is 5.41 Å². The Morgan fingerprint density at radius 1 is 1.39 bits per heavy atom. The molecule has 2 aromatic rings. The van der Waals surface area contributed by atoms with Gasteiger partial charge in [0.25, 0.3) is 0 Å². The summed E-state index contributed by atoms with van der Waals surface area (Å²) in [6, 6.07) is 8.91. The molecule has 2 saturated heterocycles. The number of carbonyl (C=O) groups excluding carboxylic acids is 1. The number of rotatable bonds is 8. The number of amides is 2. The number of aliphatic hydroxyl groups excluding tert-OH is 1. The number of nitrogens with one attached hydrogen (secondary N) is 1. The molecule has 9 nitrogen and oxygen atoms in total. The van der Waals surface area contributed by atoms with Gasteiger partial charge < -0.3 is 19.7 Å². The quantitative estimate of drug-likeness (QED) is 0.670. The van der Waals surface area contributed by atoms with E-state index in [9.17, 15) is 9.90 Å². The normalized spacial score (nSPS) is 24.5. The van der Waals surface area contributed by atoms with Crippen LogP contribution in [0.3, 0.4) is 0 Å². The summed E-state index contributed by atoms with van der Waals surface area (Å²) in [5, 5.41) is 22.6. The molecule has 3 fully saturated rings. The number of benzene rings is 1. The number of allylic oxidation sites excluding steroid dienone is 1. The number of hydroxylamine groups is 2. The van der Waals surface area contributed by atoms with E-state index in [-0.39, 0.29) is 36.0 Å². The van der Waals surface area contributed by atoms with Crippen LogP contribution in [0.1, 0.15) is 55.6 Å². The molecule has 1 spiro atoms. The number of aliphatic hydroxyl groups is 1. The molecule has 1 unspecified atom stereocenters. The summed E-state index contributed by atoms with van der Waals surface area (Å²) in [4.78, 5) is 21.0. The maximum Gasteiger partial charge on any atom is 0.345 e. The smallest absolute Gasteiger partial charge is 0.345 e. The van der Waals surface area contributed by atoms with Crippen LogP contribution in [0.25, 0.3) is 0 Å². The fourth-order valence-corrected chi connectivity index (χ4v) is 4.72. The summed E-state index contributed by atoms with van der Waals surface area (Å²) in [5.74, 6) is 0.691. The number of carbonyl (C=O) groups is 1. The number of piperidine rings is 1. The third kappa shape index (κ3) is 3.57. The minimum Gasteiger partial charge on any atom is -0.421 e. The minimum absolute atomic E-state index is 0.0327. The molecule has 2 aliphatic heterocycles. The van der Waals surface area contributed by atoms with Crippen LogP contribution in [0.4, 0.5) is 4.79 Å². The fourth-order valence-electron chi connectivity index (χ4n) is 4.72.